The quantitative estimate of drug-likeness (QED) is 0.235. The molecule has 3 amide bonds. The van der Waals surface area contributed by atoms with Gasteiger partial charge in [0.25, 0.3) is 11.8 Å². The summed E-state index contributed by atoms with van der Waals surface area (Å²) in [5.74, 6) is -1.12. The monoisotopic (exact) mass is 535 g/mol. The third kappa shape index (κ3) is 4.53. The molecule has 8 heteroatoms. The van der Waals surface area contributed by atoms with Gasteiger partial charge in [-0.3, -0.25) is 14.4 Å². The first-order chi connectivity index (χ1) is 18.9. The molecule has 3 aromatic carbocycles. The zero-order valence-electron chi connectivity index (χ0n) is 21.4. The predicted molar refractivity (Wildman–Crippen MR) is 150 cm³/mol. The van der Waals surface area contributed by atoms with Crippen LogP contribution in [0.5, 0.6) is 0 Å². The molecule has 2 unspecified atom stereocenters. The maximum absolute atomic E-state index is 13.7. The average Bonchev–Trinajstić information content (AvgIpc) is 3.69. The Morgan fingerprint density at radius 3 is 2.51 bits per heavy atom. The number of hydrogen-bond acceptors (Lipinski definition) is 6. The van der Waals surface area contributed by atoms with E-state index in [2.05, 4.69) is 13.0 Å². The molecule has 0 bridgehead atoms. The summed E-state index contributed by atoms with van der Waals surface area (Å²) < 4.78 is 6.48. The lowest BCUT2D eigenvalue weighted by molar-refractivity contribution is -0.123. The Hall–Kier alpha value is -4.56. The van der Waals surface area contributed by atoms with Crippen LogP contribution in [-0.4, -0.2) is 33.6 Å². The van der Waals surface area contributed by atoms with Gasteiger partial charge in [-0.25, -0.2) is 9.88 Å². The van der Waals surface area contributed by atoms with Crippen LogP contribution in [0.15, 0.2) is 95.6 Å². The maximum Gasteiger partial charge on any atom is 0.290 e. The van der Waals surface area contributed by atoms with Crippen LogP contribution >= 0.6 is 11.3 Å². The first-order valence-corrected chi connectivity index (χ1v) is 13.5. The summed E-state index contributed by atoms with van der Waals surface area (Å²) in [6.07, 6.45) is 1.31. The number of thiazole rings is 1. The van der Waals surface area contributed by atoms with Crippen molar-refractivity contribution in [1.82, 2.24) is 9.88 Å². The third-order valence-corrected chi connectivity index (χ3v) is 8.11. The van der Waals surface area contributed by atoms with E-state index in [1.165, 1.54) is 21.6 Å². The van der Waals surface area contributed by atoms with E-state index in [0.717, 1.165) is 26.4 Å². The number of amides is 3. The number of aromatic nitrogens is 1. The second kappa shape index (κ2) is 9.96. The van der Waals surface area contributed by atoms with Crippen molar-refractivity contribution in [3.63, 3.8) is 0 Å². The van der Waals surface area contributed by atoms with E-state index in [4.69, 9.17) is 9.40 Å². The van der Waals surface area contributed by atoms with Gasteiger partial charge in [0.15, 0.2) is 5.76 Å². The van der Waals surface area contributed by atoms with Crippen molar-refractivity contribution in [3.05, 3.63) is 108 Å². The molecule has 39 heavy (non-hydrogen) atoms. The molecular formula is C31H25N3O4S. The molecule has 1 aliphatic heterocycles. The predicted octanol–water partition coefficient (Wildman–Crippen LogP) is 6.40. The Morgan fingerprint density at radius 2 is 1.79 bits per heavy atom. The summed E-state index contributed by atoms with van der Waals surface area (Å²) in [4.78, 5) is 47.9. The number of anilines is 1. The molecule has 194 valence electrons. The molecule has 0 aliphatic carbocycles. The van der Waals surface area contributed by atoms with Gasteiger partial charge in [-0.1, -0.05) is 36.4 Å². The first-order valence-electron chi connectivity index (χ1n) is 12.7. The fourth-order valence-corrected chi connectivity index (χ4v) is 6.09. The number of hydrogen-bond donors (Lipinski definition) is 0. The van der Waals surface area contributed by atoms with Crippen molar-refractivity contribution in [2.45, 2.75) is 32.4 Å². The summed E-state index contributed by atoms with van der Waals surface area (Å²) in [6.45, 7) is 3.90. The van der Waals surface area contributed by atoms with Gasteiger partial charge in [0.1, 0.15) is 11.0 Å². The number of furan rings is 1. The Kier molecular flexibility index (Phi) is 6.32. The summed E-state index contributed by atoms with van der Waals surface area (Å²) in [5.41, 5.74) is 4.33. The topological polar surface area (TPSA) is 83.7 Å². The van der Waals surface area contributed by atoms with Crippen LogP contribution in [0.2, 0.25) is 0 Å². The van der Waals surface area contributed by atoms with Crippen LogP contribution in [0.25, 0.3) is 20.8 Å². The van der Waals surface area contributed by atoms with Crippen LogP contribution in [-0.2, 0) is 9.59 Å². The van der Waals surface area contributed by atoms with Crippen LogP contribution in [0.1, 0.15) is 41.1 Å². The summed E-state index contributed by atoms with van der Waals surface area (Å²) in [6, 6.07) is 24.6. The van der Waals surface area contributed by atoms with Crippen molar-refractivity contribution >= 4 is 45.0 Å². The van der Waals surface area contributed by atoms with E-state index in [-0.39, 0.29) is 18.1 Å². The van der Waals surface area contributed by atoms with E-state index in [1.54, 1.807) is 35.6 Å². The number of imide groups is 1. The van der Waals surface area contributed by atoms with E-state index in [9.17, 15) is 14.4 Å². The van der Waals surface area contributed by atoms with Crippen molar-refractivity contribution in [3.8, 4) is 10.6 Å². The molecule has 1 fully saturated rings. The Bertz CT molecular complexity index is 1680. The van der Waals surface area contributed by atoms with Crippen LogP contribution in [0.4, 0.5) is 5.69 Å². The summed E-state index contributed by atoms with van der Waals surface area (Å²) in [5, 5.41) is 0.867. The summed E-state index contributed by atoms with van der Waals surface area (Å²) in [7, 11) is 0. The van der Waals surface area contributed by atoms with Gasteiger partial charge in [-0.15, -0.1) is 11.3 Å². The van der Waals surface area contributed by atoms with Gasteiger partial charge in [0, 0.05) is 5.56 Å². The van der Waals surface area contributed by atoms with Gasteiger partial charge in [-0.2, -0.15) is 0 Å². The Labute approximate surface area is 229 Å². The van der Waals surface area contributed by atoms with Gasteiger partial charge >= 0.3 is 0 Å². The van der Waals surface area contributed by atoms with Gasteiger partial charge in [0.05, 0.1) is 34.6 Å². The second-order valence-corrected chi connectivity index (χ2v) is 10.6. The van der Waals surface area contributed by atoms with Crippen molar-refractivity contribution in [2.75, 3.05) is 4.90 Å². The minimum absolute atomic E-state index is 0.110. The Morgan fingerprint density at radius 1 is 1.03 bits per heavy atom. The lowest BCUT2D eigenvalue weighted by Gasteiger charge is -2.33. The zero-order valence-corrected chi connectivity index (χ0v) is 22.2. The minimum atomic E-state index is -0.961. The first kappa shape index (κ1) is 24.8. The number of nitrogens with zero attached hydrogens (tertiary/aromatic N) is 3. The lowest BCUT2D eigenvalue weighted by Crippen LogP contribution is -2.46. The van der Waals surface area contributed by atoms with E-state index >= 15 is 0 Å². The maximum atomic E-state index is 13.7. The molecule has 2 aromatic heterocycles. The molecule has 6 rings (SSSR count). The highest BCUT2D eigenvalue weighted by Gasteiger charge is 2.46. The van der Waals surface area contributed by atoms with E-state index in [1.807, 2.05) is 61.5 Å². The third-order valence-electron chi connectivity index (χ3n) is 7.04. The minimum Gasteiger partial charge on any atom is -0.459 e. The highest BCUT2D eigenvalue weighted by Crippen LogP contribution is 2.35. The highest BCUT2D eigenvalue weighted by molar-refractivity contribution is 7.21. The molecule has 1 aliphatic rings. The number of rotatable bonds is 6. The number of aryl methyl sites for hydroxylation is 1. The average molecular weight is 536 g/mol. The molecule has 0 N–H and O–H groups in total. The largest absolute Gasteiger partial charge is 0.459 e. The van der Waals surface area contributed by atoms with Crippen molar-refractivity contribution in [1.29, 1.82) is 0 Å². The molecule has 0 radical (unpaired) electrons. The van der Waals surface area contributed by atoms with Crippen LogP contribution in [0.3, 0.4) is 0 Å². The van der Waals surface area contributed by atoms with E-state index in [0.29, 0.717) is 5.69 Å². The Balaban J connectivity index is 1.30. The van der Waals surface area contributed by atoms with Crippen LogP contribution < -0.4 is 4.90 Å². The fourth-order valence-electron chi connectivity index (χ4n) is 5.02. The molecular weight excluding hydrogens is 510 g/mol. The molecule has 1 saturated heterocycles. The smallest absolute Gasteiger partial charge is 0.290 e. The number of benzene rings is 3. The molecule has 2 atom stereocenters. The number of fused-ring (bicyclic) bond motifs is 1. The standard InChI is InChI=1S/C31H25N3O4S/c1-19-10-15-24-27(17-19)39-29(32-24)22-11-13-23(14-12-22)34-28(35)18-25(30(34)36)33(31(37)26-9-6-16-38-26)20(2)21-7-4-3-5-8-21/h3-17,20,25H,18H2,1-2H3. The molecule has 0 saturated carbocycles. The van der Waals surface area contributed by atoms with E-state index < -0.39 is 23.9 Å². The second-order valence-electron chi connectivity index (χ2n) is 9.60. The summed E-state index contributed by atoms with van der Waals surface area (Å²) >= 11 is 1.60. The molecule has 3 heterocycles. The zero-order chi connectivity index (χ0) is 27.1. The molecule has 5 aromatic rings. The van der Waals surface area contributed by atoms with Gasteiger partial charge in [-0.05, 0) is 73.5 Å². The number of carbonyl (C=O) groups excluding carboxylic acids is 3. The van der Waals surface area contributed by atoms with Crippen molar-refractivity contribution < 1.29 is 18.8 Å². The SMILES string of the molecule is Cc1ccc2nc(-c3ccc(N4C(=O)CC(N(C(=O)c5ccco5)C(C)c5ccccc5)C4=O)cc3)sc2c1. The van der Waals surface area contributed by atoms with Gasteiger partial charge < -0.3 is 9.32 Å². The molecule has 7 nitrogen and oxygen atoms in total. The number of carbonyl (C=O) groups is 3. The van der Waals surface area contributed by atoms with Gasteiger partial charge in [0.2, 0.25) is 5.91 Å². The normalized spacial score (nSPS) is 16.2. The fraction of sp³-hybridized carbons (Fsp3) is 0.161. The highest BCUT2D eigenvalue weighted by atomic mass is 32.1. The lowest BCUT2D eigenvalue weighted by atomic mass is 10.0. The van der Waals surface area contributed by atoms with Crippen molar-refractivity contribution in [2.24, 2.45) is 0 Å². The van der Waals surface area contributed by atoms with Crippen LogP contribution in [0, 0.1) is 6.92 Å². The molecule has 0 spiro atoms.